The minimum atomic E-state index is -0.271. The molecule has 2 unspecified atom stereocenters. The first kappa shape index (κ1) is 21.9. The summed E-state index contributed by atoms with van der Waals surface area (Å²) >= 11 is 1.72. The fourth-order valence-corrected chi connectivity index (χ4v) is 5.81. The topological polar surface area (TPSA) is 57.0 Å². The van der Waals surface area contributed by atoms with E-state index in [0.717, 1.165) is 24.1 Å². The first-order valence-electron chi connectivity index (χ1n) is 11.2. The van der Waals surface area contributed by atoms with E-state index in [4.69, 9.17) is 4.42 Å². The van der Waals surface area contributed by atoms with Gasteiger partial charge in [-0.1, -0.05) is 12.1 Å². The van der Waals surface area contributed by atoms with Crippen LogP contribution >= 0.6 is 11.3 Å². The second kappa shape index (κ2) is 9.11. The molecule has 0 spiro atoms. The van der Waals surface area contributed by atoms with Crippen LogP contribution in [0.3, 0.4) is 0 Å². The Bertz CT molecular complexity index is 1150. The number of halogens is 1. The Morgan fingerprint density at radius 1 is 1.15 bits per heavy atom. The Labute approximate surface area is 196 Å². The smallest absolute Gasteiger partial charge is 0.289 e. The molecular weight excluding hydrogens is 441 g/mol. The molecule has 8 heteroatoms. The molecule has 2 aliphatic rings. The number of benzene rings is 1. The molecule has 172 valence electrons. The molecule has 3 aromatic rings. The molecule has 0 saturated carbocycles. The van der Waals surface area contributed by atoms with Gasteiger partial charge in [0.05, 0.1) is 18.8 Å². The van der Waals surface area contributed by atoms with Crippen molar-refractivity contribution in [1.82, 2.24) is 14.7 Å². The van der Waals surface area contributed by atoms with E-state index in [2.05, 4.69) is 16.3 Å². The quantitative estimate of drug-likeness (QED) is 0.586. The van der Waals surface area contributed by atoms with E-state index in [1.807, 2.05) is 17.9 Å². The molecule has 1 aromatic carbocycles. The van der Waals surface area contributed by atoms with Gasteiger partial charge in [-0.3, -0.25) is 14.5 Å². The number of piperazine rings is 1. The van der Waals surface area contributed by atoms with Crippen LogP contribution < -0.4 is 0 Å². The van der Waals surface area contributed by atoms with Gasteiger partial charge in [0.25, 0.3) is 5.91 Å². The minimum Gasteiger partial charge on any atom is -0.459 e. The molecule has 2 aromatic heterocycles. The number of thiophene rings is 1. The van der Waals surface area contributed by atoms with E-state index in [1.165, 1.54) is 17.2 Å². The second-order valence-electron chi connectivity index (χ2n) is 8.64. The molecule has 6 nitrogen and oxygen atoms in total. The summed E-state index contributed by atoms with van der Waals surface area (Å²) < 4.78 is 19.3. The number of nitrogens with zero attached hydrogens (tertiary/aromatic N) is 3. The molecule has 1 saturated heterocycles. The molecule has 2 aliphatic heterocycles. The van der Waals surface area contributed by atoms with Crippen molar-refractivity contribution in [3.8, 4) is 0 Å². The zero-order valence-electron chi connectivity index (χ0n) is 18.4. The van der Waals surface area contributed by atoms with Gasteiger partial charge in [0, 0.05) is 37.1 Å². The molecule has 1 fully saturated rings. The molecule has 5 rings (SSSR count). The lowest BCUT2D eigenvalue weighted by molar-refractivity contribution is -0.135. The van der Waals surface area contributed by atoms with Gasteiger partial charge >= 0.3 is 0 Å². The summed E-state index contributed by atoms with van der Waals surface area (Å²) in [5.74, 6) is -0.0643. The van der Waals surface area contributed by atoms with Crippen molar-refractivity contribution in [2.75, 3.05) is 32.7 Å². The predicted octanol–water partition coefficient (Wildman–Crippen LogP) is 3.80. The van der Waals surface area contributed by atoms with E-state index < -0.39 is 0 Å². The molecule has 33 heavy (non-hydrogen) atoms. The molecule has 4 heterocycles. The van der Waals surface area contributed by atoms with Crippen LogP contribution in [0, 0.1) is 5.82 Å². The van der Waals surface area contributed by atoms with Crippen molar-refractivity contribution >= 4 is 23.2 Å². The fraction of sp³-hybridized carbons (Fsp3) is 0.360. The van der Waals surface area contributed by atoms with Crippen LogP contribution in [0.1, 0.15) is 39.5 Å². The van der Waals surface area contributed by atoms with E-state index >= 15 is 0 Å². The monoisotopic (exact) mass is 467 g/mol. The number of hydrogen-bond acceptors (Lipinski definition) is 5. The molecule has 0 aliphatic carbocycles. The van der Waals surface area contributed by atoms with Crippen molar-refractivity contribution in [2.45, 2.75) is 25.4 Å². The van der Waals surface area contributed by atoms with Crippen LogP contribution in [0.25, 0.3) is 0 Å². The lowest BCUT2D eigenvalue weighted by atomic mass is 9.93. The van der Waals surface area contributed by atoms with Crippen LogP contribution in [0.15, 0.2) is 58.5 Å². The largest absolute Gasteiger partial charge is 0.459 e. The van der Waals surface area contributed by atoms with Gasteiger partial charge in [0.2, 0.25) is 5.91 Å². The van der Waals surface area contributed by atoms with Gasteiger partial charge in [-0.25, -0.2) is 4.39 Å². The molecule has 0 radical (unpaired) electrons. The molecule has 0 bridgehead atoms. The van der Waals surface area contributed by atoms with Crippen molar-refractivity contribution in [1.29, 1.82) is 0 Å². The van der Waals surface area contributed by atoms with Gasteiger partial charge in [0.15, 0.2) is 5.76 Å². The average Bonchev–Trinajstić information content (AvgIpc) is 3.50. The zero-order valence-corrected chi connectivity index (χ0v) is 19.3. The third-order valence-electron chi connectivity index (χ3n) is 6.54. The molecule has 2 amide bonds. The summed E-state index contributed by atoms with van der Waals surface area (Å²) in [5, 5.41) is 2.07. The number of fused-ring (bicyclic) bond motifs is 1. The van der Waals surface area contributed by atoms with Crippen LogP contribution in [0.5, 0.6) is 0 Å². The van der Waals surface area contributed by atoms with E-state index in [1.54, 1.807) is 40.5 Å². The van der Waals surface area contributed by atoms with Crippen LogP contribution in [0.2, 0.25) is 0 Å². The normalized spacial score (nSPS) is 21.2. The van der Waals surface area contributed by atoms with Crippen LogP contribution in [0.4, 0.5) is 4.39 Å². The fourth-order valence-electron chi connectivity index (χ4n) is 4.91. The Morgan fingerprint density at radius 3 is 2.79 bits per heavy atom. The molecule has 0 N–H and O–H groups in total. The summed E-state index contributed by atoms with van der Waals surface area (Å²) in [7, 11) is 0. The maximum absolute atomic E-state index is 14.0. The lowest BCUT2D eigenvalue weighted by Crippen LogP contribution is -2.57. The van der Waals surface area contributed by atoms with Crippen molar-refractivity contribution in [3.05, 3.63) is 81.7 Å². The highest BCUT2D eigenvalue weighted by Crippen LogP contribution is 2.37. The van der Waals surface area contributed by atoms with E-state index in [9.17, 15) is 14.0 Å². The third-order valence-corrected chi connectivity index (χ3v) is 7.54. The average molecular weight is 468 g/mol. The summed E-state index contributed by atoms with van der Waals surface area (Å²) in [6.07, 6.45) is 2.37. The Balaban J connectivity index is 1.29. The minimum absolute atomic E-state index is 0.0343. The van der Waals surface area contributed by atoms with Gasteiger partial charge in [-0.2, -0.15) is 0 Å². The van der Waals surface area contributed by atoms with E-state index in [-0.39, 0.29) is 36.3 Å². The summed E-state index contributed by atoms with van der Waals surface area (Å²) in [6, 6.07) is 11.9. The highest BCUT2D eigenvalue weighted by Gasteiger charge is 2.35. The van der Waals surface area contributed by atoms with E-state index in [0.29, 0.717) is 25.4 Å². The van der Waals surface area contributed by atoms with Crippen molar-refractivity contribution < 1.29 is 18.4 Å². The van der Waals surface area contributed by atoms with Crippen LogP contribution in [-0.4, -0.2) is 65.3 Å². The highest BCUT2D eigenvalue weighted by molar-refractivity contribution is 7.10. The Morgan fingerprint density at radius 2 is 2.03 bits per heavy atom. The standard InChI is InChI=1S/C25H26FN3O3S/c1-17-15-27(10-11-29(17)25(31)21-6-3-12-32-21)23(30)16-28-9-7-22-20(8-13-33-22)24(28)18-4-2-5-19(26)14-18/h2-6,8,12-14,17,24H,7,9-11,15-16H2,1H3. The Kier molecular flexibility index (Phi) is 6.03. The summed E-state index contributed by atoms with van der Waals surface area (Å²) in [6.45, 7) is 4.39. The predicted molar refractivity (Wildman–Crippen MR) is 124 cm³/mol. The zero-order chi connectivity index (χ0) is 22.9. The first-order valence-corrected chi connectivity index (χ1v) is 12.1. The number of carbonyl (C=O) groups is 2. The number of carbonyl (C=O) groups excluding carboxylic acids is 2. The van der Waals surface area contributed by atoms with Crippen molar-refractivity contribution in [2.24, 2.45) is 0 Å². The third kappa shape index (κ3) is 4.32. The van der Waals surface area contributed by atoms with Gasteiger partial charge < -0.3 is 14.2 Å². The number of hydrogen-bond donors (Lipinski definition) is 0. The van der Waals surface area contributed by atoms with Crippen molar-refractivity contribution in [3.63, 3.8) is 0 Å². The highest BCUT2D eigenvalue weighted by atomic mass is 32.1. The Hall–Kier alpha value is -2.97. The summed E-state index contributed by atoms with van der Waals surface area (Å²) in [4.78, 5) is 33.0. The maximum Gasteiger partial charge on any atom is 0.289 e. The lowest BCUT2D eigenvalue weighted by Gasteiger charge is -2.41. The maximum atomic E-state index is 14.0. The number of rotatable bonds is 4. The second-order valence-corrected chi connectivity index (χ2v) is 9.64. The number of furan rings is 1. The van der Waals surface area contributed by atoms with Gasteiger partial charge in [-0.15, -0.1) is 11.3 Å². The van der Waals surface area contributed by atoms with Gasteiger partial charge in [0.1, 0.15) is 5.82 Å². The number of amides is 2. The molecular formula is C25H26FN3O3S. The SMILES string of the molecule is CC1CN(C(=O)CN2CCc3sccc3C2c2cccc(F)c2)CCN1C(=O)c1ccco1. The first-order chi connectivity index (χ1) is 16.0. The van der Waals surface area contributed by atoms with Gasteiger partial charge in [-0.05, 0) is 60.2 Å². The molecule has 2 atom stereocenters. The van der Waals surface area contributed by atoms with Crippen LogP contribution in [-0.2, 0) is 11.2 Å². The summed E-state index contributed by atoms with van der Waals surface area (Å²) in [5.41, 5.74) is 2.02.